The summed E-state index contributed by atoms with van der Waals surface area (Å²) in [5.74, 6) is 0.134. The van der Waals surface area contributed by atoms with E-state index in [9.17, 15) is 9.59 Å². The van der Waals surface area contributed by atoms with Gasteiger partial charge in [-0.3, -0.25) is 9.59 Å². The molecule has 2 aliphatic rings. The Kier molecular flexibility index (Phi) is 3.21. The van der Waals surface area contributed by atoms with Gasteiger partial charge in [0.15, 0.2) is 0 Å². The molecule has 0 radical (unpaired) electrons. The van der Waals surface area contributed by atoms with Gasteiger partial charge in [0, 0.05) is 43.9 Å². The Hall–Kier alpha value is -1.88. The van der Waals surface area contributed by atoms with Gasteiger partial charge in [-0.05, 0) is 30.2 Å². The molecule has 19 heavy (non-hydrogen) atoms. The molecule has 0 aromatic heterocycles. The molecular formula is C14H17N3O2. The summed E-state index contributed by atoms with van der Waals surface area (Å²) in [7, 11) is 0. The SMILES string of the molecule is O=C1CCc2cc(C(=O)N3CCNCC3)ccc2N1. The molecule has 0 unspecified atom stereocenters. The van der Waals surface area contributed by atoms with Crippen molar-refractivity contribution < 1.29 is 9.59 Å². The van der Waals surface area contributed by atoms with E-state index in [4.69, 9.17) is 0 Å². The summed E-state index contributed by atoms with van der Waals surface area (Å²) < 4.78 is 0. The molecule has 0 saturated carbocycles. The van der Waals surface area contributed by atoms with Crippen LogP contribution in [0, 0.1) is 0 Å². The number of benzene rings is 1. The van der Waals surface area contributed by atoms with Crippen molar-refractivity contribution in [3.05, 3.63) is 29.3 Å². The third kappa shape index (κ3) is 2.46. The number of aryl methyl sites for hydroxylation is 1. The van der Waals surface area contributed by atoms with Crippen molar-refractivity contribution in [2.45, 2.75) is 12.8 Å². The summed E-state index contributed by atoms with van der Waals surface area (Å²) in [5, 5.41) is 6.07. The third-order valence-electron chi connectivity index (χ3n) is 3.65. The molecular weight excluding hydrogens is 242 g/mol. The van der Waals surface area contributed by atoms with Gasteiger partial charge >= 0.3 is 0 Å². The summed E-state index contributed by atoms with van der Waals surface area (Å²) in [5.41, 5.74) is 2.62. The van der Waals surface area contributed by atoms with Crippen LogP contribution in [-0.2, 0) is 11.2 Å². The standard InChI is InChI=1S/C14H17N3O2/c18-13-4-2-10-9-11(1-3-12(10)16-13)14(19)17-7-5-15-6-8-17/h1,3,9,15H,2,4-8H2,(H,16,18). The van der Waals surface area contributed by atoms with Crippen molar-refractivity contribution in [1.82, 2.24) is 10.2 Å². The number of piperazine rings is 1. The number of anilines is 1. The fourth-order valence-corrected chi connectivity index (χ4v) is 2.57. The molecule has 2 amide bonds. The number of carbonyl (C=O) groups excluding carboxylic acids is 2. The van der Waals surface area contributed by atoms with Crippen molar-refractivity contribution in [3.63, 3.8) is 0 Å². The molecule has 100 valence electrons. The molecule has 5 nitrogen and oxygen atoms in total. The van der Waals surface area contributed by atoms with Crippen LogP contribution < -0.4 is 10.6 Å². The van der Waals surface area contributed by atoms with Crippen molar-refractivity contribution in [3.8, 4) is 0 Å². The first-order chi connectivity index (χ1) is 9.24. The van der Waals surface area contributed by atoms with E-state index >= 15 is 0 Å². The van der Waals surface area contributed by atoms with Crippen LogP contribution in [-0.4, -0.2) is 42.9 Å². The summed E-state index contributed by atoms with van der Waals surface area (Å²) in [6.45, 7) is 3.22. The Morgan fingerprint density at radius 3 is 2.74 bits per heavy atom. The van der Waals surface area contributed by atoms with Gasteiger partial charge < -0.3 is 15.5 Å². The highest BCUT2D eigenvalue weighted by molar-refractivity contribution is 5.98. The van der Waals surface area contributed by atoms with Crippen LogP contribution in [0.3, 0.4) is 0 Å². The first-order valence-corrected chi connectivity index (χ1v) is 6.67. The summed E-state index contributed by atoms with van der Waals surface area (Å²) in [6.07, 6.45) is 1.21. The lowest BCUT2D eigenvalue weighted by Crippen LogP contribution is -2.46. The highest BCUT2D eigenvalue weighted by Crippen LogP contribution is 2.24. The average Bonchev–Trinajstić information content (AvgIpc) is 2.47. The minimum atomic E-state index is 0.0497. The van der Waals surface area contributed by atoms with Gasteiger partial charge in [-0.1, -0.05) is 0 Å². The van der Waals surface area contributed by atoms with Gasteiger partial charge in [0.2, 0.25) is 5.91 Å². The second kappa shape index (κ2) is 5.01. The fraction of sp³-hybridized carbons (Fsp3) is 0.429. The predicted octanol–water partition coefficient (Wildman–Crippen LogP) is 0.617. The topological polar surface area (TPSA) is 61.4 Å². The van der Waals surface area contributed by atoms with Gasteiger partial charge in [0.1, 0.15) is 0 Å². The van der Waals surface area contributed by atoms with E-state index in [0.29, 0.717) is 12.8 Å². The molecule has 0 atom stereocenters. The van der Waals surface area contributed by atoms with Crippen LogP contribution in [0.1, 0.15) is 22.3 Å². The van der Waals surface area contributed by atoms with Crippen LogP contribution in [0.25, 0.3) is 0 Å². The van der Waals surface area contributed by atoms with Gasteiger partial charge in [-0.15, -0.1) is 0 Å². The van der Waals surface area contributed by atoms with Crippen LogP contribution in [0.15, 0.2) is 18.2 Å². The van der Waals surface area contributed by atoms with E-state index in [1.807, 2.05) is 17.0 Å². The molecule has 1 aromatic rings. The molecule has 1 fully saturated rings. The van der Waals surface area contributed by atoms with Crippen LogP contribution in [0.5, 0.6) is 0 Å². The average molecular weight is 259 g/mol. The summed E-state index contributed by atoms with van der Waals surface area (Å²) in [4.78, 5) is 25.5. The molecule has 0 bridgehead atoms. The summed E-state index contributed by atoms with van der Waals surface area (Å²) >= 11 is 0. The number of carbonyl (C=O) groups is 2. The zero-order chi connectivity index (χ0) is 13.2. The maximum atomic E-state index is 12.4. The number of hydrogen-bond acceptors (Lipinski definition) is 3. The maximum absolute atomic E-state index is 12.4. The zero-order valence-corrected chi connectivity index (χ0v) is 10.7. The normalized spacial score (nSPS) is 18.7. The van der Waals surface area contributed by atoms with Gasteiger partial charge in [0.25, 0.3) is 5.91 Å². The number of nitrogens with one attached hydrogen (secondary N) is 2. The predicted molar refractivity (Wildman–Crippen MR) is 72.2 cm³/mol. The molecule has 0 aliphatic carbocycles. The lowest BCUT2D eigenvalue weighted by atomic mass is 10.00. The molecule has 3 rings (SSSR count). The lowest BCUT2D eigenvalue weighted by Gasteiger charge is -2.28. The molecule has 2 heterocycles. The van der Waals surface area contributed by atoms with Gasteiger partial charge in [-0.2, -0.15) is 0 Å². The van der Waals surface area contributed by atoms with Crippen molar-refractivity contribution in [2.75, 3.05) is 31.5 Å². The third-order valence-corrected chi connectivity index (χ3v) is 3.65. The Labute approximate surface area is 112 Å². The smallest absolute Gasteiger partial charge is 0.253 e. The number of rotatable bonds is 1. The van der Waals surface area contributed by atoms with Crippen LogP contribution >= 0.6 is 0 Å². The Bertz CT molecular complexity index is 521. The number of fused-ring (bicyclic) bond motifs is 1. The second-order valence-corrected chi connectivity index (χ2v) is 4.96. The number of amides is 2. The second-order valence-electron chi connectivity index (χ2n) is 4.96. The van der Waals surface area contributed by atoms with Crippen LogP contribution in [0.4, 0.5) is 5.69 Å². The van der Waals surface area contributed by atoms with E-state index in [0.717, 1.165) is 43.0 Å². The van der Waals surface area contributed by atoms with Crippen molar-refractivity contribution in [2.24, 2.45) is 0 Å². The highest BCUT2D eigenvalue weighted by atomic mass is 16.2. The summed E-state index contributed by atoms with van der Waals surface area (Å²) in [6, 6.07) is 5.55. The van der Waals surface area contributed by atoms with Crippen molar-refractivity contribution >= 4 is 17.5 Å². The largest absolute Gasteiger partial charge is 0.336 e. The molecule has 2 N–H and O–H groups in total. The molecule has 5 heteroatoms. The minimum absolute atomic E-state index is 0.0497. The Morgan fingerprint density at radius 1 is 1.16 bits per heavy atom. The first-order valence-electron chi connectivity index (χ1n) is 6.67. The van der Waals surface area contributed by atoms with E-state index in [2.05, 4.69) is 10.6 Å². The fourth-order valence-electron chi connectivity index (χ4n) is 2.57. The lowest BCUT2D eigenvalue weighted by molar-refractivity contribution is -0.116. The minimum Gasteiger partial charge on any atom is -0.336 e. The van der Waals surface area contributed by atoms with Gasteiger partial charge in [0.05, 0.1) is 0 Å². The van der Waals surface area contributed by atoms with E-state index < -0.39 is 0 Å². The van der Waals surface area contributed by atoms with Gasteiger partial charge in [-0.25, -0.2) is 0 Å². The Morgan fingerprint density at radius 2 is 1.95 bits per heavy atom. The highest BCUT2D eigenvalue weighted by Gasteiger charge is 2.20. The number of hydrogen-bond donors (Lipinski definition) is 2. The van der Waals surface area contributed by atoms with E-state index in [-0.39, 0.29) is 11.8 Å². The molecule has 1 saturated heterocycles. The van der Waals surface area contributed by atoms with E-state index in [1.54, 1.807) is 6.07 Å². The Balaban J connectivity index is 1.81. The molecule has 2 aliphatic heterocycles. The zero-order valence-electron chi connectivity index (χ0n) is 10.7. The molecule has 1 aromatic carbocycles. The maximum Gasteiger partial charge on any atom is 0.253 e. The van der Waals surface area contributed by atoms with Crippen molar-refractivity contribution in [1.29, 1.82) is 0 Å². The quantitative estimate of drug-likeness (QED) is 0.777. The molecule has 0 spiro atoms. The monoisotopic (exact) mass is 259 g/mol. The van der Waals surface area contributed by atoms with Crippen LogP contribution in [0.2, 0.25) is 0 Å². The van der Waals surface area contributed by atoms with E-state index in [1.165, 1.54) is 0 Å². The first kappa shape index (κ1) is 12.2. The number of nitrogens with zero attached hydrogens (tertiary/aromatic N) is 1.